The number of alkyl halides is 3. The summed E-state index contributed by atoms with van der Waals surface area (Å²) in [7, 11) is -1.30. The molecule has 2 N–H and O–H groups in total. The van der Waals surface area contributed by atoms with Crippen LogP contribution in [0.1, 0.15) is 53.0 Å². The maximum absolute atomic E-state index is 14.9. The summed E-state index contributed by atoms with van der Waals surface area (Å²) in [6, 6.07) is 11.1. The molecule has 4 aromatic rings. The first-order chi connectivity index (χ1) is 20.6. The lowest BCUT2D eigenvalue weighted by molar-refractivity contribution is -0.275. The maximum atomic E-state index is 14.9. The molecule has 0 fully saturated rings. The Morgan fingerprint density at radius 1 is 1.14 bits per heavy atom. The number of benzene rings is 2. The Balaban J connectivity index is 1.27. The molecule has 0 aliphatic carbocycles. The summed E-state index contributed by atoms with van der Waals surface area (Å²) < 4.78 is 65.5. The molecule has 2 aromatic carbocycles. The first kappa shape index (κ1) is 30.7. The van der Waals surface area contributed by atoms with E-state index in [1.54, 1.807) is 38.2 Å². The van der Waals surface area contributed by atoms with E-state index >= 15 is 0 Å². The van der Waals surface area contributed by atoms with Crippen molar-refractivity contribution in [1.82, 2.24) is 9.72 Å². The topological polar surface area (TPSA) is 84.6 Å². The van der Waals surface area contributed by atoms with Crippen molar-refractivity contribution in [2.24, 2.45) is 5.16 Å². The van der Waals surface area contributed by atoms with Crippen molar-refractivity contribution < 1.29 is 36.9 Å². The van der Waals surface area contributed by atoms with E-state index in [1.165, 1.54) is 22.6 Å². The highest BCUT2D eigenvalue weighted by atomic mass is 35.5. The molecular weight excluding hydrogens is 647 g/mol. The Morgan fingerprint density at radius 3 is 2.52 bits per heavy atom. The standard InChI is InChI=1S/C29H21BCl3F4N3O4/c1-27(2)24-17(30(42)43-27)8-14(9-20(24)34)13-38-26(41)23-6-5-16(22-4-3-7-40(22)23)21-12-28(44-39-21,29(35,36)37)15-10-18(31)25(33)19(32)11-15/h3-11,42H,12-13H2,1-2H3,(H,38,41). The van der Waals surface area contributed by atoms with E-state index in [0.717, 1.165) is 12.1 Å². The molecule has 0 bridgehead atoms. The lowest BCUT2D eigenvalue weighted by Crippen LogP contribution is -2.42. The molecule has 2 aliphatic rings. The van der Waals surface area contributed by atoms with E-state index in [4.69, 9.17) is 44.3 Å². The molecule has 1 amide bonds. The second kappa shape index (κ2) is 10.7. The summed E-state index contributed by atoms with van der Waals surface area (Å²) in [5.41, 5.74) is -2.46. The van der Waals surface area contributed by atoms with Gasteiger partial charge in [0.25, 0.3) is 11.5 Å². The summed E-state index contributed by atoms with van der Waals surface area (Å²) in [5, 5.41) is 16.3. The van der Waals surface area contributed by atoms with Crippen LogP contribution in [0, 0.1) is 5.82 Å². The summed E-state index contributed by atoms with van der Waals surface area (Å²) in [4.78, 5) is 18.3. The Kier molecular flexibility index (Phi) is 7.45. The minimum atomic E-state index is -4.91. The molecule has 0 radical (unpaired) electrons. The Bertz CT molecular complexity index is 1860. The fourth-order valence-electron chi connectivity index (χ4n) is 5.70. The summed E-state index contributed by atoms with van der Waals surface area (Å²) >= 11 is 18.0. The molecule has 1 atom stereocenters. The van der Waals surface area contributed by atoms with E-state index in [0.29, 0.717) is 16.6 Å². The Labute approximate surface area is 263 Å². The minimum absolute atomic E-state index is 0.0162. The average molecular weight is 669 g/mol. The number of fused-ring (bicyclic) bond motifs is 2. The zero-order valence-corrected chi connectivity index (χ0v) is 25.2. The molecule has 228 valence electrons. The van der Waals surface area contributed by atoms with Gasteiger partial charge < -0.3 is 24.2 Å². The van der Waals surface area contributed by atoms with Crippen LogP contribution in [0.15, 0.2) is 59.9 Å². The molecule has 2 aromatic heterocycles. The smallest absolute Gasteiger partial charge is 0.423 e. The van der Waals surface area contributed by atoms with Gasteiger partial charge in [0.15, 0.2) is 0 Å². The fourth-order valence-corrected chi connectivity index (χ4v) is 6.29. The van der Waals surface area contributed by atoms with Gasteiger partial charge in [-0.25, -0.2) is 4.39 Å². The van der Waals surface area contributed by atoms with Crippen LogP contribution in [0.2, 0.25) is 15.1 Å². The van der Waals surface area contributed by atoms with Crippen LogP contribution in [0.5, 0.6) is 0 Å². The second-order valence-electron chi connectivity index (χ2n) is 11.0. The summed E-state index contributed by atoms with van der Waals surface area (Å²) in [5.74, 6) is -1.10. The molecule has 7 nitrogen and oxygen atoms in total. The van der Waals surface area contributed by atoms with E-state index in [9.17, 15) is 27.4 Å². The zero-order chi connectivity index (χ0) is 31.8. The lowest BCUT2D eigenvalue weighted by atomic mass is 9.77. The first-order valence-corrected chi connectivity index (χ1v) is 14.3. The highest BCUT2D eigenvalue weighted by Crippen LogP contribution is 2.51. The SMILES string of the molecule is CC1(C)OB(O)c2cc(CNC(=O)c3ccc(C4=NOC(c5cc(Cl)c(Cl)c(Cl)c5)(C(F)(F)F)C4)c4cccn34)cc(F)c21. The number of nitrogens with one attached hydrogen (secondary N) is 1. The number of nitrogens with zero attached hydrogens (tertiary/aromatic N) is 2. The van der Waals surface area contributed by atoms with Crippen molar-refractivity contribution in [2.45, 2.75) is 44.2 Å². The van der Waals surface area contributed by atoms with Gasteiger partial charge >= 0.3 is 13.3 Å². The molecule has 1 unspecified atom stereocenters. The first-order valence-electron chi connectivity index (χ1n) is 13.2. The molecule has 2 aliphatic heterocycles. The molecule has 4 heterocycles. The number of oxime groups is 1. The fraction of sp³-hybridized carbons (Fsp3) is 0.241. The molecule has 44 heavy (non-hydrogen) atoms. The predicted octanol–water partition coefficient (Wildman–Crippen LogP) is 6.50. The van der Waals surface area contributed by atoms with E-state index in [2.05, 4.69) is 10.5 Å². The predicted molar refractivity (Wildman–Crippen MR) is 158 cm³/mol. The monoisotopic (exact) mass is 667 g/mol. The van der Waals surface area contributed by atoms with Gasteiger partial charge in [0.05, 0.1) is 38.3 Å². The zero-order valence-electron chi connectivity index (χ0n) is 22.9. The van der Waals surface area contributed by atoms with Crippen molar-refractivity contribution >= 4 is 64.5 Å². The van der Waals surface area contributed by atoms with E-state index in [-0.39, 0.29) is 49.6 Å². The van der Waals surface area contributed by atoms with E-state index < -0.39 is 42.6 Å². The number of pyridine rings is 1. The molecule has 0 saturated heterocycles. The molecule has 0 saturated carbocycles. The van der Waals surface area contributed by atoms with Crippen molar-refractivity contribution in [1.29, 1.82) is 0 Å². The molecule has 6 rings (SSSR count). The van der Waals surface area contributed by atoms with Gasteiger partial charge in [-0.1, -0.05) is 46.0 Å². The number of aromatic nitrogens is 1. The van der Waals surface area contributed by atoms with Crippen LogP contribution in [0.4, 0.5) is 17.6 Å². The summed E-state index contributed by atoms with van der Waals surface area (Å²) in [6.45, 7) is 3.23. The van der Waals surface area contributed by atoms with Gasteiger partial charge in [0, 0.05) is 29.4 Å². The van der Waals surface area contributed by atoms with Crippen LogP contribution in [0.3, 0.4) is 0 Å². The van der Waals surface area contributed by atoms with Gasteiger partial charge in [0.2, 0.25) is 0 Å². The third-order valence-corrected chi connectivity index (χ3v) is 8.98. The second-order valence-corrected chi connectivity index (χ2v) is 12.2. The van der Waals surface area contributed by atoms with Crippen LogP contribution >= 0.6 is 34.8 Å². The quantitative estimate of drug-likeness (QED) is 0.145. The van der Waals surface area contributed by atoms with Gasteiger partial charge in [-0.15, -0.1) is 0 Å². The highest BCUT2D eigenvalue weighted by Gasteiger charge is 2.62. The number of amides is 1. The maximum Gasteiger partial charge on any atom is 0.492 e. The van der Waals surface area contributed by atoms with Gasteiger partial charge in [-0.2, -0.15) is 13.2 Å². The van der Waals surface area contributed by atoms with Crippen molar-refractivity contribution in [3.8, 4) is 0 Å². The number of carbonyl (C=O) groups is 1. The third kappa shape index (κ3) is 4.93. The van der Waals surface area contributed by atoms with Crippen LogP contribution in [-0.2, 0) is 27.2 Å². The third-order valence-electron chi connectivity index (χ3n) is 7.78. The number of halogens is 7. The number of rotatable bonds is 5. The van der Waals surface area contributed by atoms with Crippen molar-refractivity contribution in [2.75, 3.05) is 0 Å². The highest BCUT2D eigenvalue weighted by molar-refractivity contribution is 6.62. The number of carbonyl (C=O) groups excluding carboxylic acids is 1. The van der Waals surface area contributed by atoms with Gasteiger partial charge in [0.1, 0.15) is 11.5 Å². The molecular formula is C29H21BCl3F4N3O4. The number of hydrogen-bond donors (Lipinski definition) is 2. The van der Waals surface area contributed by atoms with E-state index in [1.807, 2.05) is 0 Å². The van der Waals surface area contributed by atoms with Crippen molar-refractivity contribution in [3.63, 3.8) is 0 Å². The van der Waals surface area contributed by atoms with Crippen molar-refractivity contribution in [3.05, 3.63) is 104 Å². The minimum Gasteiger partial charge on any atom is -0.423 e. The van der Waals surface area contributed by atoms with Crippen LogP contribution in [0.25, 0.3) is 5.52 Å². The molecule has 15 heteroatoms. The number of hydrogen-bond acceptors (Lipinski definition) is 5. The molecule has 0 spiro atoms. The van der Waals surface area contributed by atoms with Crippen LogP contribution < -0.4 is 10.8 Å². The Morgan fingerprint density at radius 2 is 1.84 bits per heavy atom. The Hall–Kier alpha value is -3.29. The van der Waals surface area contributed by atoms with Gasteiger partial charge in [-0.3, -0.25) is 4.79 Å². The van der Waals surface area contributed by atoms with Crippen LogP contribution in [-0.4, -0.2) is 34.3 Å². The van der Waals surface area contributed by atoms with Gasteiger partial charge in [-0.05, 0) is 67.3 Å². The largest absolute Gasteiger partial charge is 0.492 e. The summed E-state index contributed by atoms with van der Waals surface area (Å²) in [6.07, 6.45) is -4.04. The average Bonchev–Trinajstić information content (AvgIpc) is 3.66. The lowest BCUT2D eigenvalue weighted by Gasteiger charge is -2.30. The normalized spacial score (nSPS) is 19.2.